The number of aromatic nitrogens is 2. The molecular weight excluding hydrogens is 352 g/mol. The van der Waals surface area contributed by atoms with Crippen molar-refractivity contribution < 1.29 is 9.57 Å². The molecule has 142 valence electrons. The lowest BCUT2D eigenvalue weighted by Crippen LogP contribution is -2.36. The van der Waals surface area contributed by atoms with Gasteiger partial charge in [-0.15, -0.1) is 0 Å². The lowest BCUT2D eigenvalue weighted by Gasteiger charge is -2.34. The van der Waals surface area contributed by atoms with Crippen LogP contribution in [0, 0.1) is 0 Å². The summed E-state index contributed by atoms with van der Waals surface area (Å²) in [5.74, 6) is 1.27. The summed E-state index contributed by atoms with van der Waals surface area (Å²) < 4.78 is 5.66. The predicted octanol–water partition coefficient (Wildman–Crippen LogP) is 3.82. The zero-order chi connectivity index (χ0) is 19.6. The SMILES string of the molecule is CC1(C)C(=NOCCOc2ccccc2)c2ccccc2-c2ncnc(N)c21. The van der Waals surface area contributed by atoms with E-state index in [4.69, 9.17) is 15.3 Å². The molecule has 0 aliphatic heterocycles. The highest BCUT2D eigenvalue weighted by atomic mass is 16.6. The summed E-state index contributed by atoms with van der Waals surface area (Å²) in [5, 5.41) is 4.47. The summed E-state index contributed by atoms with van der Waals surface area (Å²) in [4.78, 5) is 14.3. The number of nitrogens with two attached hydrogens (primary N) is 1. The number of para-hydroxylation sites is 1. The fourth-order valence-corrected chi connectivity index (χ4v) is 3.56. The molecule has 2 aromatic carbocycles. The van der Waals surface area contributed by atoms with Crippen molar-refractivity contribution in [3.05, 3.63) is 72.1 Å². The zero-order valence-corrected chi connectivity index (χ0v) is 15.9. The second kappa shape index (κ2) is 7.31. The van der Waals surface area contributed by atoms with Crippen molar-refractivity contribution in [1.82, 2.24) is 9.97 Å². The van der Waals surface area contributed by atoms with E-state index in [1.807, 2.05) is 54.6 Å². The fourth-order valence-electron chi connectivity index (χ4n) is 3.56. The lowest BCUT2D eigenvalue weighted by atomic mass is 9.70. The van der Waals surface area contributed by atoms with Gasteiger partial charge in [-0.1, -0.05) is 47.6 Å². The van der Waals surface area contributed by atoms with Crippen LogP contribution in [0.3, 0.4) is 0 Å². The maximum absolute atomic E-state index is 6.21. The minimum atomic E-state index is -0.491. The Labute approximate surface area is 164 Å². The molecule has 0 amide bonds. The third kappa shape index (κ3) is 3.17. The Balaban J connectivity index is 1.59. The highest BCUT2D eigenvalue weighted by Gasteiger charge is 2.40. The second-order valence-electron chi connectivity index (χ2n) is 7.09. The van der Waals surface area contributed by atoms with Gasteiger partial charge in [0.15, 0.2) is 6.61 Å². The first-order valence-corrected chi connectivity index (χ1v) is 9.18. The van der Waals surface area contributed by atoms with Crippen molar-refractivity contribution in [2.75, 3.05) is 18.9 Å². The topological polar surface area (TPSA) is 82.6 Å². The molecule has 1 aliphatic rings. The largest absolute Gasteiger partial charge is 0.490 e. The number of nitrogens with zero attached hydrogens (tertiary/aromatic N) is 3. The van der Waals surface area contributed by atoms with Crippen LogP contribution in [0.25, 0.3) is 11.3 Å². The molecule has 0 saturated carbocycles. The van der Waals surface area contributed by atoms with Gasteiger partial charge in [0, 0.05) is 22.1 Å². The van der Waals surface area contributed by atoms with E-state index in [9.17, 15) is 0 Å². The molecule has 0 atom stereocenters. The summed E-state index contributed by atoms with van der Waals surface area (Å²) in [7, 11) is 0. The van der Waals surface area contributed by atoms with Gasteiger partial charge in [0.25, 0.3) is 0 Å². The Bertz CT molecular complexity index is 1020. The van der Waals surface area contributed by atoms with E-state index >= 15 is 0 Å². The third-order valence-electron chi connectivity index (χ3n) is 4.87. The summed E-state index contributed by atoms with van der Waals surface area (Å²) in [6.45, 7) is 4.86. The number of hydrogen-bond donors (Lipinski definition) is 1. The number of anilines is 1. The number of ether oxygens (including phenoxy) is 1. The maximum atomic E-state index is 6.21. The van der Waals surface area contributed by atoms with Crippen molar-refractivity contribution in [3.8, 4) is 17.0 Å². The summed E-state index contributed by atoms with van der Waals surface area (Å²) >= 11 is 0. The van der Waals surface area contributed by atoms with Crippen LogP contribution >= 0.6 is 0 Å². The van der Waals surface area contributed by atoms with E-state index in [2.05, 4.69) is 29.0 Å². The van der Waals surface area contributed by atoms with Crippen LogP contribution < -0.4 is 10.5 Å². The van der Waals surface area contributed by atoms with Crippen molar-refractivity contribution in [2.45, 2.75) is 19.3 Å². The highest BCUT2D eigenvalue weighted by Crippen LogP contribution is 2.44. The van der Waals surface area contributed by atoms with E-state index in [1.165, 1.54) is 6.33 Å². The van der Waals surface area contributed by atoms with E-state index in [0.717, 1.165) is 33.8 Å². The van der Waals surface area contributed by atoms with E-state index in [1.54, 1.807) is 0 Å². The number of fused-ring (bicyclic) bond motifs is 3. The van der Waals surface area contributed by atoms with Gasteiger partial charge in [-0.05, 0) is 26.0 Å². The Morgan fingerprint density at radius 1 is 0.929 bits per heavy atom. The molecule has 6 nitrogen and oxygen atoms in total. The van der Waals surface area contributed by atoms with Gasteiger partial charge in [-0.3, -0.25) is 0 Å². The molecule has 0 saturated heterocycles. The smallest absolute Gasteiger partial charge is 0.151 e. The monoisotopic (exact) mass is 374 g/mol. The molecule has 0 spiro atoms. The molecule has 0 bridgehead atoms. The summed E-state index contributed by atoms with van der Waals surface area (Å²) in [6, 6.07) is 17.6. The minimum Gasteiger partial charge on any atom is -0.490 e. The number of nitrogen functional groups attached to an aromatic ring is 1. The van der Waals surface area contributed by atoms with Crippen LogP contribution in [0.1, 0.15) is 25.0 Å². The van der Waals surface area contributed by atoms with Gasteiger partial charge in [-0.2, -0.15) is 0 Å². The highest BCUT2D eigenvalue weighted by molar-refractivity contribution is 6.15. The molecule has 3 aromatic rings. The van der Waals surface area contributed by atoms with Gasteiger partial charge in [-0.25, -0.2) is 9.97 Å². The van der Waals surface area contributed by atoms with Crippen molar-refractivity contribution >= 4 is 11.5 Å². The van der Waals surface area contributed by atoms with Gasteiger partial charge in [0.2, 0.25) is 0 Å². The number of oxime groups is 1. The van der Waals surface area contributed by atoms with Crippen LogP contribution in [0.2, 0.25) is 0 Å². The molecule has 0 fully saturated rings. The second-order valence-corrected chi connectivity index (χ2v) is 7.09. The molecule has 2 N–H and O–H groups in total. The Kier molecular flexibility index (Phi) is 4.69. The molecule has 0 unspecified atom stereocenters. The van der Waals surface area contributed by atoms with Gasteiger partial charge in [0.05, 0.1) is 11.4 Å². The average molecular weight is 374 g/mol. The first-order valence-electron chi connectivity index (χ1n) is 9.18. The third-order valence-corrected chi connectivity index (χ3v) is 4.87. The van der Waals surface area contributed by atoms with Gasteiger partial charge >= 0.3 is 0 Å². The van der Waals surface area contributed by atoms with Gasteiger partial charge in [0.1, 0.15) is 24.5 Å². The lowest BCUT2D eigenvalue weighted by molar-refractivity contribution is 0.106. The Morgan fingerprint density at radius 2 is 1.64 bits per heavy atom. The number of rotatable bonds is 5. The molecule has 6 heteroatoms. The first-order chi connectivity index (χ1) is 13.6. The quantitative estimate of drug-likeness (QED) is 0.542. The van der Waals surface area contributed by atoms with Crippen molar-refractivity contribution in [1.29, 1.82) is 0 Å². The molecule has 0 radical (unpaired) electrons. The molecule has 28 heavy (non-hydrogen) atoms. The molecule has 1 aromatic heterocycles. The molecule has 4 rings (SSSR count). The minimum absolute atomic E-state index is 0.338. The van der Waals surface area contributed by atoms with E-state index in [0.29, 0.717) is 19.0 Å². The molecular formula is C22H22N4O2. The Morgan fingerprint density at radius 3 is 2.43 bits per heavy atom. The first kappa shape index (κ1) is 18.0. The van der Waals surface area contributed by atoms with Crippen LogP contribution in [0.4, 0.5) is 5.82 Å². The van der Waals surface area contributed by atoms with E-state index in [-0.39, 0.29) is 0 Å². The number of hydrogen-bond acceptors (Lipinski definition) is 6. The summed E-state index contributed by atoms with van der Waals surface area (Å²) in [5.41, 5.74) is 10.2. The Hall–Kier alpha value is -3.41. The fraction of sp³-hybridized carbons (Fsp3) is 0.227. The normalized spacial score (nSPS) is 15.6. The summed E-state index contributed by atoms with van der Waals surface area (Å²) in [6.07, 6.45) is 1.50. The van der Waals surface area contributed by atoms with Crippen LogP contribution in [-0.2, 0) is 10.3 Å². The van der Waals surface area contributed by atoms with Crippen LogP contribution in [-0.4, -0.2) is 28.9 Å². The number of benzene rings is 2. The van der Waals surface area contributed by atoms with Crippen molar-refractivity contribution in [3.63, 3.8) is 0 Å². The van der Waals surface area contributed by atoms with Gasteiger partial charge < -0.3 is 15.3 Å². The average Bonchev–Trinajstić information content (AvgIpc) is 2.70. The van der Waals surface area contributed by atoms with Crippen LogP contribution in [0.15, 0.2) is 66.1 Å². The maximum Gasteiger partial charge on any atom is 0.151 e. The van der Waals surface area contributed by atoms with E-state index < -0.39 is 5.41 Å². The zero-order valence-electron chi connectivity index (χ0n) is 15.9. The van der Waals surface area contributed by atoms with Crippen molar-refractivity contribution in [2.24, 2.45) is 5.16 Å². The van der Waals surface area contributed by atoms with Crippen LogP contribution in [0.5, 0.6) is 5.75 Å². The standard InChI is InChI=1S/C22H22N4O2/c1-22(2)18-19(24-14-25-21(18)23)16-10-6-7-11-17(16)20(22)26-28-13-12-27-15-8-4-3-5-9-15/h3-11,14H,12-13H2,1-2H3,(H2,23,24,25). The molecule has 1 aliphatic carbocycles. The molecule has 1 heterocycles. The predicted molar refractivity (Wildman–Crippen MR) is 109 cm³/mol.